The number of carbonyl (C=O) groups excluding carboxylic acids is 1. The van der Waals surface area contributed by atoms with E-state index in [0.29, 0.717) is 17.4 Å². The van der Waals surface area contributed by atoms with Gasteiger partial charge >= 0.3 is 0 Å². The first-order chi connectivity index (χ1) is 13.1. The summed E-state index contributed by atoms with van der Waals surface area (Å²) < 4.78 is 0. The Morgan fingerprint density at radius 3 is 2.48 bits per heavy atom. The third-order valence-electron chi connectivity index (χ3n) is 5.10. The number of carbonyl (C=O) groups is 1. The van der Waals surface area contributed by atoms with Crippen LogP contribution in [0.15, 0.2) is 36.4 Å². The molecular formula is C21H29N5O. The van der Waals surface area contributed by atoms with Gasteiger partial charge in [0.25, 0.3) is 5.91 Å². The molecular weight excluding hydrogens is 338 g/mol. The molecule has 0 bridgehead atoms. The number of nitrogens with zero attached hydrogens (tertiary/aromatic N) is 4. The summed E-state index contributed by atoms with van der Waals surface area (Å²) in [6.45, 7) is 10.1. The van der Waals surface area contributed by atoms with E-state index < -0.39 is 0 Å². The molecule has 0 radical (unpaired) electrons. The van der Waals surface area contributed by atoms with Gasteiger partial charge in [0.15, 0.2) is 11.5 Å². The Morgan fingerprint density at radius 2 is 1.89 bits per heavy atom. The summed E-state index contributed by atoms with van der Waals surface area (Å²) >= 11 is 0. The van der Waals surface area contributed by atoms with Crippen molar-refractivity contribution in [2.45, 2.75) is 33.6 Å². The largest absolute Gasteiger partial charge is 0.372 e. The third-order valence-corrected chi connectivity index (χ3v) is 5.10. The van der Waals surface area contributed by atoms with Crippen LogP contribution in [0.1, 0.15) is 44.1 Å². The van der Waals surface area contributed by atoms with E-state index in [9.17, 15) is 4.79 Å². The Hall–Kier alpha value is -2.63. The Labute approximate surface area is 161 Å². The molecule has 0 aliphatic carbocycles. The van der Waals surface area contributed by atoms with Crippen LogP contribution in [0.2, 0.25) is 0 Å². The molecule has 1 atom stereocenters. The van der Waals surface area contributed by atoms with Crippen molar-refractivity contribution >= 4 is 23.1 Å². The smallest absolute Gasteiger partial charge is 0.274 e. The lowest BCUT2D eigenvalue weighted by atomic mass is 10.00. The van der Waals surface area contributed by atoms with Gasteiger partial charge in [0.2, 0.25) is 0 Å². The molecule has 1 fully saturated rings. The van der Waals surface area contributed by atoms with Gasteiger partial charge in [-0.15, -0.1) is 10.2 Å². The van der Waals surface area contributed by atoms with E-state index in [4.69, 9.17) is 0 Å². The number of aromatic nitrogens is 2. The molecule has 1 aliphatic heterocycles. The van der Waals surface area contributed by atoms with Crippen LogP contribution in [0.5, 0.6) is 0 Å². The normalized spacial score (nSPS) is 16.9. The fourth-order valence-corrected chi connectivity index (χ4v) is 3.54. The van der Waals surface area contributed by atoms with Crippen LogP contribution in [-0.4, -0.2) is 47.2 Å². The van der Waals surface area contributed by atoms with Crippen LogP contribution in [0, 0.1) is 5.92 Å². The molecule has 3 rings (SSSR count). The molecule has 2 aromatic rings. The second-order valence-corrected chi connectivity index (χ2v) is 7.15. The Bertz CT molecular complexity index is 740. The molecule has 1 aromatic carbocycles. The monoisotopic (exact) mass is 367 g/mol. The average Bonchev–Trinajstić information content (AvgIpc) is 2.70. The van der Waals surface area contributed by atoms with Crippen LogP contribution in [0.3, 0.4) is 0 Å². The maximum absolute atomic E-state index is 12.6. The molecule has 2 heterocycles. The predicted octanol–water partition coefficient (Wildman–Crippen LogP) is 3.94. The molecule has 6 nitrogen and oxygen atoms in total. The minimum atomic E-state index is -0.0239. The number of amides is 1. The van der Waals surface area contributed by atoms with E-state index in [1.54, 1.807) is 6.07 Å². The van der Waals surface area contributed by atoms with E-state index in [2.05, 4.69) is 53.3 Å². The molecule has 27 heavy (non-hydrogen) atoms. The van der Waals surface area contributed by atoms with Crippen LogP contribution in [0.25, 0.3) is 0 Å². The molecule has 1 aromatic heterocycles. The van der Waals surface area contributed by atoms with Gasteiger partial charge in [0.05, 0.1) is 0 Å². The first kappa shape index (κ1) is 19.1. The summed E-state index contributed by atoms with van der Waals surface area (Å²) in [5.74, 6) is 1.16. The van der Waals surface area contributed by atoms with E-state index in [-0.39, 0.29) is 5.91 Å². The number of nitrogens with one attached hydrogen (secondary N) is 1. The molecule has 144 valence electrons. The molecule has 1 unspecified atom stereocenters. The first-order valence-electron chi connectivity index (χ1n) is 9.85. The van der Waals surface area contributed by atoms with Gasteiger partial charge < -0.3 is 15.1 Å². The van der Waals surface area contributed by atoms with Gasteiger partial charge in [0.1, 0.15) is 0 Å². The fraction of sp³-hybridized carbons (Fsp3) is 0.476. The lowest BCUT2D eigenvalue weighted by molar-refractivity contribution is 0.0676. The first-order valence-corrected chi connectivity index (χ1v) is 9.85. The number of piperidine rings is 1. The summed E-state index contributed by atoms with van der Waals surface area (Å²) in [4.78, 5) is 16.8. The van der Waals surface area contributed by atoms with Gasteiger partial charge in [-0.1, -0.05) is 6.92 Å². The highest BCUT2D eigenvalue weighted by Crippen LogP contribution is 2.21. The molecule has 1 amide bonds. The van der Waals surface area contributed by atoms with E-state index in [1.165, 1.54) is 12.1 Å². The molecule has 1 saturated heterocycles. The highest BCUT2D eigenvalue weighted by molar-refractivity contribution is 5.92. The van der Waals surface area contributed by atoms with Gasteiger partial charge in [-0.2, -0.15) is 0 Å². The minimum absolute atomic E-state index is 0.0239. The number of rotatable bonds is 6. The van der Waals surface area contributed by atoms with E-state index in [1.807, 2.05) is 23.1 Å². The number of hydrogen-bond donors (Lipinski definition) is 1. The summed E-state index contributed by atoms with van der Waals surface area (Å²) in [5, 5.41) is 11.6. The van der Waals surface area contributed by atoms with Crippen molar-refractivity contribution in [3.8, 4) is 0 Å². The second-order valence-electron chi connectivity index (χ2n) is 7.15. The minimum Gasteiger partial charge on any atom is -0.372 e. The summed E-state index contributed by atoms with van der Waals surface area (Å²) in [6, 6.07) is 11.8. The highest BCUT2D eigenvalue weighted by atomic mass is 16.2. The quantitative estimate of drug-likeness (QED) is 0.838. The number of benzene rings is 1. The fourth-order valence-electron chi connectivity index (χ4n) is 3.54. The summed E-state index contributed by atoms with van der Waals surface area (Å²) in [6.07, 6.45) is 2.24. The number of hydrogen-bond acceptors (Lipinski definition) is 5. The van der Waals surface area contributed by atoms with E-state index >= 15 is 0 Å². The Balaban J connectivity index is 1.63. The average molecular weight is 367 g/mol. The van der Waals surface area contributed by atoms with Crippen LogP contribution >= 0.6 is 0 Å². The Morgan fingerprint density at radius 1 is 1.15 bits per heavy atom. The lowest BCUT2D eigenvalue weighted by Crippen LogP contribution is -2.39. The van der Waals surface area contributed by atoms with Crippen molar-refractivity contribution in [1.29, 1.82) is 0 Å². The number of anilines is 3. The summed E-state index contributed by atoms with van der Waals surface area (Å²) in [5.41, 5.74) is 2.56. The van der Waals surface area contributed by atoms with Crippen LogP contribution in [-0.2, 0) is 0 Å². The van der Waals surface area contributed by atoms with Crippen molar-refractivity contribution in [3.05, 3.63) is 42.1 Å². The van der Waals surface area contributed by atoms with E-state index in [0.717, 1.165) is 38.3 Å². The topological polar surface area (TPSA) is 61.4 Å². The zero-order valence-corrected chi connectivity index (χ0v) is 16.5. The van der Waals surface area contributed by atoms with Gasteiger partial charge in [-0.25, -0.2) is 0 Å². The number of likely N-dealkylation sites (tertiary alicyclic amines) is 1. The van der Waals surface area contributed by atoms with Gasteiger partial charge in [-0.3, -0.25) is 4.79 Å². The summed E-state index contributed by atoms with van der Waals surface area (Å²) in [7, 11) is 0. The molecule has 0 saturated carbocycles. The maximum atomic E-state index is 12.6. The van der Waals surface area contributed by atoms with Crippen molar-refractivity contribution in [3.63, 3.8) is 0 Å². The van der Waals surface area contributed by atoms with Crippen LogP contribution < -0.4 is 10.2 Å². The van der Waals surface area contributed by atoms with Crippen molar-refractivity contribution in [1.82, 2.24) is 15.1 Å². The predicted molar refractivity (Wildman–Crippen MR) is 110 cm³/mol. The maximum Gasteiger partial charge on any atom is 0.274 e. The molecule has 1 aliphatic rings. The molecule has 6 heteroatoms. The molecule has 1 N–H and O–H groups in total. The van der Waals surface area contributed by atoms with Gasteiger partial charge in [-0.05, 0) is 69.0 Å². The van der Waals surface area contributed by atoms with Crippen molar-refractivity contribution in [2.24, 2.45) is 5.92 Å². The standard InChI is InChI=1S/C21H29N5O/c1-4-25(5-2)18-10-8-17(9-11-18)22-20-13-12-19(23-24-20)21(27)26-14-6-7-16(3)15-26/h8-13,16H,4-7,14-15H2,1-3H3,(H,22,24). The Kier molecular flexibility index (Phi) is 6.27. The van der Waals surface area contributed by atoms with Gasteiger partial charge in [0, 0.05) is 37.6 Å². The second kappa shape index (κ2) is 8.84. The van der Waals surface area contributed by atoms with Crippen molar-refractivity contribution < 1.29 is 4.79 Å². The third kappa shape index (κ3) is 4.76. The molecule has 0 spiro atoms. The highest BCUT2D eigenvalue weighted by Gasteiger charge is 2.23. The lowest BCUT2D eigenvalue weighted by Gasteiger charge is -2.30. The van der Waals surface area contributed by atoms with Crippen molar-refractivity contribution in [2.75, 3.05) is 36.4 Å². The van der Waals surface area contributed by atoms with Crippen LogP contribution in [0.4, 0.5) is 17.2 Å². The zero-order chi connectivity index (χ0) is 19.2. The SMILES string of the molecule is CCN(CC)c1ccc(Nc2ccc(C(=O)N3CCCC(C)C3)nn2)cc1. The zero-order valence-electron chi connectivity index (χ0n) is 16.5.